The van der Waals surface area contributed by atoms with Crippen molar-refractivity contribution in [3.05, 3.63) is 70.8 Å². The van der Waals surface area contributed by atoms with Crippen molar-refractivity contribution in [3.63, 3.8) is 0 Å². The molecule has 0 aromatic heterocycles. The van der Waals surface area contributed by atoms with Gasteiger partial charge in [0.05, 0.1) is 11.6 Å². The van der Waals surface area contributed by atoms with Crippen LogP contribution in [0.2, 0.25) is 0 Å². The maximum absolute atomic E-state index is 13.8. The van der Waals surface area contributed by atoms with E-state index < -0.39 is 29.4 Å². The zero-order valence-electron chi connectivity index (χ0n) is 10.6. The fourth-order valence-corrected chi connectivity index (χ4v) is 2.10. The second kappa shape index (κ2) is 5.79. The van der Waals surface area contributed by atoms with E-state index in [0.717, 1.165) is 18.2 Å². The fraction of sp³-hybridized carbons (Fsp3) is 0.143. The van der Waals surface area contributed by atoms with Gasteiger partial charge in [-0.25, -0.2) is 14.2 Å². The number of nitrogens with one attached hydrogen (secondary N) is 1. The first-order valence-corrected chi connectivity index (χ1v) is 5.92. The summed E-state index contributed by atoms with van der Waals surface area (Å²) in [5.41, 5.74) is 0.569. The summed E-state index contributed by atoms with van der Waals surface area (Å²) >= 11 is 0. The molecule has 0 spiro atoms. The van der Waals surface area contributed by atoms with Crippen LogP contribution >= 0.6 is 0 Å². The van der Waals surface area contributed by atoms with Gasteiger partial charge in [0.2, 0.25) is 0 Å². The molecule has 2 aromatic rings. The van der Waals surface area contributed by atoms with Crippen molar-refractivity contribution in [2.45, 2.75) is 12.2 Å². The van der Waals surface area contributed by atoms with Crippen LogP contribution in [0, 0.1) is 11.6 Å². The highest BCUT2D eigenvalue weighted by Gasteiger charge is 2.35. The van der Waals surface area contributed by atoms with E-state index in [1.54, 1.807) is 0 Å². The fourth-order valence-electron chi connectivity index (χ4n) is 2.10. The van der Waals surface area contributed by atoms with E-state index >= 15 is 0 Å². The number of halogens is 5. The van der Waals surface area contributed by atoms with Crippen molar-refractivity contribution in [2.75, 3.05) is 0 Å². The van der Waals surface area contributed by atoms with Crippen LogP contribution < -0.4 is 11.3 Å². The quantitative estimate of drug-likeness (QED) is 0.517. The minimum absolute atomic E-state index is 0.281. The summed E-state index contributed by atoms with van der Waals surface area (Å²) in [6.07, 6.45) is -4.63. The summed E-state index contributed by atoms with van der Waals surface area (Å²) in [6.45, 7) is 0. The summed E-state index contributed by atoms with van der Waals surface area (Å²) in [6, 6.07) is 6.54. The molecular weight excluding hydrogens is 291 g/mol. The van der Waals surface area contributed by atoms with Gasteiger partial charge in [0, 0.05) is 5.56 Å². The molecule has 0 aliphatic carbocycles. The Balaban J connectivity index is 2.60. The molecule has 7 heteroatoms. The molecule has 0 aliphatic rings. The molecule has 0 fully saturated rings. The van der Waals surface area contributed by atoms with Gasteiger partial charge in [-0.1, -0.05) is 30.3 Å². The lowest BCUT2D eigenvalue weighted by Gasteiger charge is -2.22. The summed E-state index contributed by atoms with van der Waals surface area (Å²) in [4.78, 5) is 0. The smallest absolute Gasteiger partial charge is 0.271 e. The first kappa shape index (κ1) is 15.4. The van der Waals surface area contributed by atoms with Crippen LogP contribution in [0.5, 0.6) is 0 Å². The standard InChI is InChI=1S/C14H11F5N2/c15-11-7-3-5-9(12(11)16)13(21-20)8-4-1-2-6-10(8)14(17,18)19/h1-7,13,21H,20H2. The Morgan fingerprint density at radius 3 is 2.14 bits per heavy atom. The third-order valence-electron chi connectivity index (χ3n) is 3.04. The van der Waals surface area contributed by atoms with E-state index in [-0.39, 0.29) is 11.1 Å². The van der Waals surface area contributed by atoms with Crippen LogP contribution in [0.25, 0.3) is 0 Å². The van der Waals surface area contributed by atoms with Crippen LogP contribution in [0.15, 0.2) is 42.5 Å². The maximum atomic E-state index is 13.8. The molecule has 0 amide bonds. The third-order valence-corrected chi connectivity index (χ3v) is 3.04. The summed E-state index contributed by atoms with van der Waals surface area (Å²) in [7, 11) is 0. The van der Waals surface area contributed by atoms with Crippen LogP contribution in [-0.2, 0) is 6.18 Å². The first-order chi connectivity index (χ1) is 9.86. The summed E-state index contributed by atoms with van der Waals surface area (Å²) in [5, 5.41) is 0. The largest absolute Gasteiger partial charge is 0.416 e. The highest BCUT2D eigenvalue weighted by atomic mass is 19.4. The maximum Gasteiger partial charge on any atom is 0.416 e. The van der Waals surface area contributed by atoms with Gasteiger partial charge in [-0.15, -0.1) is 0 Å². The van der Waals surface area contributed by atoms with E-state index in [1.807, 2.05) is 0 Å². The molecule has 0 saturated carbocycles. The van der Waals surface area contributed by atoms with Crippen LogP contribution in [0.1, 0.15) is 22.7 Å². The molecule has 3 N–H and O–H groups in total. The number of alkyl halides is 3. The molecule has 21 heavy (non-hydrogen) atoms. The molecule has 0 saturated heterocycles. The molecule has 112 valence electrons. The molecular formula is C14H11F5N2. The number of hydrazine groups is 1. The Hall–Kier alpha value is -1.99. The first-order valence-electron chi connectivity index (χ1n) is 5.92. The minimum atomic E-state index is -4.63. The minimum Gasteiger partial charge on any atom is -0.271 e. The molecule has 1 atom stereocenters. The van der Waals surface area contributed by atoms with Gasteiger partial charge in [0.15, 0.2) is 11.6 Å². The van der Waals surface area contributed by atoms with Crippen LogP contribution in [0.3, 0.4) is 0 Å². The second-order valence-corrected chi connectivity index (χ2v) is 4.33. The third kappa shape index (κ3) is 3.03. The van der Waals surface area contributed by atoms with Crippen molar-refractivity contribution < 1.29 is 22.0 Å². The molecule has 0 heterocycles. The summed E-state index contributed by atoms with van der Waals surface area (Å²) in [5.74, 6) is 2.87. The number of rotatable bonds is 3. The van der Waals surface area contributed by atoms with Crippen molar-refractivity contribution in [1.82, 2.24) is 5.43 Å². The zero-order valence-corrected chi connectivity index (χ0v) is 10.6. The summed E-state index contributed by atoms with van der Waals surface area (Å²) < 4.78 is 66.1. The Bertz CT molecular complexity index is 640. The lowest BCUT2D eigenvalue weighted by molar-refractivity contribution is -0.138. The van der Waals surface area contributed by atoms with Gasteiger partial charge < -0.3 is 0 Å². The van der Waals surface area contributed by atoms with Crippen LogP contribution in [0.4, 0.5) is 22.0 Å². The van der Waals surface area contributed by atoms with Crippen molar-refractivity contribution in [2.24, 2.45) is 5.84 Å². The van der Waals surface area contributed by atoms with Crippen molar-refractivity contribution >= 4 is 0 Å². The molecule has 2 nitrogen and oxygen atoms in total. The Morgan fingerprint density at radius 2 is 1.52 bits per heavy atom. The van der Waals surface area contributed by atoms with E-state index in [2.05, 4.69) is 5.43 Å². The number of hydrogen-bond donors (Lipinski definition) is 2. The van der Waals surface area contributed by atoms with Gasteiger partial charge in [0.1, 0.15) is 0 Å². The zero-order chi connectivity index (χ0) is 15.6. The van der Waals surface area contributed by atoms with Crippen molar-refractivity contribution in [1.29, 1.82) is 0 Å². The number of benzene rings is 2. The second-order valence-electron chi connectivity index (χ2n) is 4.33. The van der Waals surface area contributed by atoms with E-state index in [4.69, 9.17) is 5.84 Å². The van der Waals surface area contributed by atoms with Gasteiger partial charge in [-0.2, -0.15) is 13.2 Å². The lowest BCUT2D eigenvalue weighted by Crippen LogP contribution is -2.31. The van der Waals surface area contributed by atoms with Gasteiger partial charge >= 0.3 is 6.18 Å². The lowest BCUT2D eigenvalue weighted by atomic mass is 9.94. The normalized spacial score (nSPS) is 13.2. The molecule has 2 rings (SSSR count). The van der Waals surface area contributed by atoms with E-state index in [0.29, 0.717) is 0 Å². The number of hydrogen-bond acceptors (Lipinski definition) is 2. The average molecular weight is 302 g/mol. The Kier molecular flexibility index (Phi) is 4.24. The van der Waals surface area contributed by atoms with E-state index in [9.17, 15) is 22.0 Å². The van der Waals surface area contributed by atoms with Gasteiger partial charge in [-0.3, -0.25) is 5.84 Å². The molecule has 0 radical (unpaired) electrons. The average Bonchev–Trinajstić information content (AvgIpc) is 2.44. The highest BCUT2D eigenvalue weighted by Crippen LogP contribution is 2.36. The number of nitrogens with two attached hydrogens (primary N) is 1. The van der Waals surface area contributed by atoms with Crippen molar-refractivity contribution in [3.8, 4) is 0 Å². The molecule has 0 bridgehead atoms. The Labute approximate surface area is 117 Å². The van der Waals surface area contributed by atoms with Crippen LogP contribution in [-0.4, -0.2) is 0 Å². The van der Waals surface area contributed by atoms with Gasteiger partial charge in [0.25, 0.3) is 0 Å². The topological polar surface area (TPSA) is 38.0 Å². The monoisotopic (exact) mass is 302 g/mol. The molecule has 1 unspecified atom stereocenters. The predicted molar refractivity (Wildman–Crippen MR) is 67.0 cm³/mol. The highest BCUT2D eigenvalue weighted by molar-refractivity contribution is 5.39. The molecule has 2 aromatic carbocycles. The predicted octanol–water partition coefficient (Wildman–Crippen LogP) is 3.54. The molecule has 0 aliphatic heterocycles. The SMILES string of the molecule is NNC(c1ccccc1C(F)(F)F)c1cccc(F)c1F. The van der Waals surface area contributed by atoms with Gasteiger partial charge in [-0.05, 0) is 17.7 Å². The van der Waals surface area contributed by atoms with E-state index in [1.165, 1.54) is 24.3 Å². The Morgan fingerprint density at radius 1 is 0.905 bits per heavy atom.